The Labute approximate surface area is 149 Å². The number of aliphatic imine (C=N–C) groups is 1. The zero-order chi connectivity index (χ0) is 17.5. The van der Waals surface area contributed by atoms with Gasteiger partial charge in [-0.1, -0.05) is 19.1 Å². The van der Waals surface area contributed by atoms with E-state index >= 15 is 0 Å². The number of nitrogens with zero attached hydrogens (tertiary/aromatic N) is 1. The van der Waals surface area contributed by atoms with E-state index in [2.05, 4.69) is 24.0 Å². The third kappa shape index (κ3) is 5.07. The highest BCUT2D eigenvalue weighted by molar-refractivity contribution is 5.85. The second-order valence-corrected chi connectivity index (χ2v) is 6.63. The van der Waals surface area contributed by atoms with Crippen LogP contribution < -0.4 is 9.64 Å². The molecule has 1 heterocycles. The summed E-state index contributed by atoms with van der Waals surface area (Å²) < 4.78 is 5.51. The van der Waals surface area contributed by atoms with Gasteiger partial charge in [-0.25, -0.2) is 0 Å². The van der Waals surface area contributed by atoms with Gasteiger partial charge >= 0.3 is 0 Å². The number of aromatic hydroxyl groups is 1. The first-order valence-electron chi connectivity index (χ1n) is 9.17. The fraction of sp³-hybridized carbons (Fsp3) is 0.381. The van der Waals surface area contributed by atoms with Gasteiger partial charge < -0.3 is 14.7 Å². The maximum atomic E-state index is 10.1. The van der Waals surface area contributed by atoms with Crippen molar-refractivity contribution in [2.75, 3.05) is 19.7 Å². The molecule has 1 aliphatic rings. The molecule has 132 valence electrons. The van der Waals surface area contributed by atoms with Gasteiger partial charge in [0.05, 0.1) is 25.4 Å². The second kappa shape index (κ2) is 8.67. The van der Waals surface area contributed by atoms with Crippen molar-refractivity contribution in [2.45, 2.75) is 32.7 Å². The fourth-order valence-electron chi connectivity index (χ4n) is 3.13. The molecule has 1 fully saturated rings. The lowest BCUT2D eigenvalue weighted by Gasteiger charge is -2.11. The number of phenols is 1. The van der Waals surface area contributed by atoms with Gasteiger partial charge in [-0.05, 0) is 30.7 Å². The van der Waals surface area contributed by atoms with Crippen LogP contribution in [-0.4, -0.2) is 31.0 Å². The molecule has 0 unspecified atom stereocenters. The number of likely N-dealkylation sites (tertiary alicyclic amines) is 1. The van der Waals surface area contributed by atoms with E-state index in [1.807, 2.05) is 24.3 Å². The third-order valence-electron chi connectivity index (χ3n) is 4.53. The minimum absolute atomic E-state index is 0.187. The number of benzene rings is 2. The number of phenolic OH excluding ortho intramolecular Hbond substituents is 1. The summed E-state index contributed by atoms with van der Waals surface area (Å²) in [6, 6.07) is 13.7. The van der Waals surface area contributed by atoms with Crippen molar-refractivity contribution in [1.82, 2.24) is 0 Å². The van der Waals surface area contributed by atoms with E-state index in [1.165, 1.54) is 31.5 Å². The third-order valence-corrected chi connectivity index (χ3v) is 4.53. The highest BCUT2D eigenvalue weighted by Gasteiger charge is 2.15. The van der Waals surface area contributed by atoms with Gasteiger partial charge in [-0.3, -0.25) is 4.99 Å². The number of quaternary nitrogens is 1. The Kier molecular flexibility index (Phi) is 6.07. The first-order chi connectivity index (χ1) is 12.2. The molecular formula is C21H27N2O2+. The summed E-state index contributed by atoms with van der Waals surface area (Å²) >= 11 is 0. The summed E-state index contributed by atoms with van der Waals surface area (Å²) in [6.45, 7) is 6.38. The molecule has 0 aromatic heterocycles. The van der Waals surface area contributed by atoms with Gasteiger partial charge in [-0.2, -0.15) is 0 Å². The SMILES string of the molecule is CCCOc1ccc(C=Nc2ccc(C[NH+]3CCCC3)cc2)c(O)c1. The molecule has 4 heteroatoms. The largest absolute Gasteiger partial charge is 0.507 e. The predicted octanol–water partition coefficient (Wildman–Crippen LogP) is 3.11. The summed E-state index contributed by atoms with van der Waals surface area (Å²) in [5.41, 5.74) is 2.94. The Morgan fingerprint density at radius 3 is 2.56 bits per heavy atom. The van der Waals surface area contributed by atoms with Crippen molar-refractivity contribution < 1.29 is 14.7 Å². The number of ether oxygens (including phenoxy) is 1. The average molecular weight is 339 g/mol. The van der Waals surface area contributed by atoms with Crippen molar-refractivity contribution in [3.63, 3.8) is 0 Å². The van der Waals surface area contributed by atoms with E-state index in [9.17, 15) is 5.11 Å². The van der Waals surface area contributed by atoms with Crippen molar-refractivity contribution >= 4 is 11.9 Å². The zero-order valence-electron chi connectivity index (χ0n) is 14.9. The van der Waals surface area contributed by atoms with Crippen molar-refractivity contribution in [1.29, 1.82) is 0 Å². The van der Waals surface area contributed by atoms with Crippen molar-refractivity contribution in [2.24, 2.45) is 4.99 Å². The van der Waals surface area contributed by atoms with Gasteiger partial charge in [0, 0.05) is 36.2 Å². The molecule has 1 saturated heterocycles. The van der Waals surface area contributed by atoms with Crippen LogP contribution in [0.3, 0.4) is 0 Å². The maximum absolute atomic E-state index is 10.1. The molecule has 0 atom stereocenters. The lowest BCUT2D eigenvalue weighted by atomic mass is 10.2. The highest BCUT2D eigenvalue weighted by atomic mass is 16.5. The normalized spacial score (nSPS) is 15.1. The Morgan fingerprint density at radius 2 is 1.88 bits per heavy atom. The summed E-state index contributed by atoms with van der Waals surface area (Å²) in [7, 11) is 0. The van der Waals surface area contributed by atoms with Gasteiger partial charge in [-0.15, -0.1) is 0 Å². The Bertz CT molecular complexity index is 704. The minimum atomic E-state index is 0.187. The molecule has 0 spiro atoms. The van der Waals surface area contributed by atoms with Crippen LogP contribution in [0, 0.1) is 0 Å². The van der Waals surface area contributed by atoms with Gasteiger partial charge in [0.2, 0.25) is 0 Å². The molecule has 2 aromatic carbocycles. The van der Waals surface area contributed by atoms with Crippen molar-refractivity contribution in [3.05, 3.63) is 53.6 Å². The van der Waals surface area contributed by atoms with Gasteiger partial charge in [0.1, 0.15) is 18.0 Å². The molecule has 2 N–H and O–H groups in total. The molecular weight excluding hydrogens is 312 g/mol. The molecule has 0 aliphatic carbocycles. The number of rotatable bonds is 7. The molecule has 25 heavy (non-hydrogen) atoms. The molecule has 4 nitrogen and oxygen atoms in total. The Balaban J connectivity index is 1.61. The van der Waals surface area contributed by atoms with Crippen LogP contribution in [0.4, 0.5) is 5.69 Å². The molecule has 0 saturated carbocycles. The van der Waals surface area contributed by atoms with Crippen LogP contribution in [0.1, 0.15) is 37.3 Å². The fourth-order valence-corrected chi connectivity index (χ4v) is 3.13. The molecule has 2 aromatic rings. The first kappa shape index (κ1) is 17.5. The summed E-state index contributed by atoms with van der Waals surface area (Å²) in [5, 5.41) is 10.1. The summed E-state index contributed by atoms with van der Waals surface area (Å²) in [4.78, 5) is 6.14. The van der Waals surface area contributed by atoms with Crippen LogP contribution >= 0.6 is 0 Å². The lowest BCUT2D eigenvalue weighted by Crippen LogP contribution is -3.08. The molecule has 0 radical (unpaired) electrons. The molecule has 1 aliphatic heterocycles. The van der Waals surface area contributed by atoms with Crippen LogP contribution in [0.5, 0.6) is 11.5 Å². The number of nitrogens with one attached hydrogen (secondary N) is 1. The molecule has 0 amide bonds. The number of hydrogen-bond donors (Lipinski definition) is 2. The van der Waals surface area contributed by atoms with Gasteiger partial charge in [0.15, 0.2) is 0 Å². The Morgan fingerprint density at radius 1 is 1.12 bits per heavy atom. The topological polar surface area (TPSA) is 46.3 Å². The van der Waals surface area contributed by atoms with Crippen LogP contribution in [0.25, 0.3) is 0 Å². The standard InChI is InChI=1S/C21H26N2O2/c1-2-13-25-20-10-7-18(21(24)14-20)15-22-19-8-5-17(6-9-19)16-23-11-3-4-12-23/h5-10,14-15,24H,2-4,11-13,16H2,1H3/p+1. The smallest absolute Gasteiger partial charge is 0.128 e. The summed E-state index contributed by atoms with van der Waals surface area (Å²) in [6.07, 6.45) is 5.34. The highest BCUT2D eigenvalue weighted by Crippen LogP contribution is 2.23. The lowest BCUT2D eigenvalue weighted by molar-refractivity contribution is -0.901. The van der Waals surface area contributed by atoms with Crippen LogP contribution in [-0.2, 0) is 6.54 Å². The second-order valence-electron chi connectivity index (χ2n) is 6.63. The minimum Gasteiger partial charge on any atom is -0.507 e. The van der Waals surface area contributed by atoms with Crippen molar-refractivity contribution in [3.8, 4) is 11.5 Å². The molecule has 0 bridgehead atoms. The monoisotopic (exact) mass is 339 g/mol. The van der Waals surface area contributed by atoms with E-state index < -0.39 is 0 Å². The quantitative estimate of drug-likeness (QED) is 0.762. The van der Waals surface area contributed by atoms with Crippen LogP contribution in [0.2, 0.25) is 0 Å². The molecule has 3 rings (SSSR count). The van der Waals surface area contributed by atoms with E-state index in [-0.39, 0.29) is 5.75 Å². The predicted molar refractivity (Wildman–Crippen MR) is 101 cm³/mol. The number of hydrogen-bond acceptors (Lipinski definition) is 3. The first-order valence-corrected chi connectivity index (χ1v) is 9.17. The summed E-state index contributed by atoms with van der Waals surface area (Å²) in [5.74, 6) is 0.872. The van der Waals surface area contributed by atoms with E-state index in [0.29, 0.717) is 17.9 Å². The Hall–Kier alpha value is -2.33. The van der Waals surface area contributed by atoms with Gasteiger partial charge in [0.25, 0.3) is 0 Å². The van der Waals surface area contributed by atoms with E-state index in [1.54, 1.807) is 17.2 Å². The zero-order valence-corrected chi connectivity index (χ0v) is 14.9. The maximum Gasteiger partial charge on any atom is 0.128 e. The van der Waals surface area contributed by atoms with Crippen LogP contribution in [0.15, 0.2) is 47.5 Å². The average Bonchev–Trinajstić information content (AvgIpc) is 3.13. The van der Waals surface area contributed by atoms with E-state index in [0.717, 1.165) is 18.7 Å². The van der Waals surface area contributed by atoms with E-state index in [4.69, 9.17) is 4.74 Å².